The van der Waals surface area contributed by atoms with E-state index in [0.717, 1.165) is 38.2 Å². The molecule has 0 spiro atoms. The van der Waals surface area contributed by atoms with Gasteiger partial charge in [0.2, 0.25) is 0 Å². The van der Waals surface area contributed by atoms with Gasteiger partial charge in [0, 0.05) is 26.1 Å². The van der Waals surface area contributed by atoms with Crippen LogP contribution < -0.4 is 5.32 Å². The standard InChI is InChI=1S/C16H23FN2O2/c1-16(15(20)21-2,19-10-3-8-18-9-11-19)12-13-4-6-14(17)7-5-13/h4-7,18H,3,8-12H2,1-2H3. The predicted molar refractivity (Wildman–Crippen MR) is 79.6 cm³/mol. The van der Waals surface area contributed by atoms with Gasteiger partial charge >= 0.3 is 5.97 Å². The summed E-state index contributed by atoms with van der Waals surface area (Å²) in [5.74, 6) is -0.508. The highest BCUT2D eigenvalue weighted by Crippen LogP contribution is 2.24. The van der Waals surface area contributed by atoms with Gasteiger partial charge < -0.3 is 10.1 Å². The normalized spacial score (nSPS) is 19.6. The van der Waals surface area contributed by atoms with E-state index in [9.17, 15) is 9.18 Å². The summed E-state index contributed by atoms with van der Waals surface area (Å²) in [7, 11) is 1.42. The van der Waals surface area contributed by atoms with E-state index in [4.69, 9.17) is 4.74 Å². The Labute approximate surface area is 125 Å². The SMILES string of the molecule is COC(=O)C(C)(Cc1ccc(F)cc1)N1CCCNCC1. The maximum Gasteiger partial charge on any atom is 0.326 e. The van der Waals surface area contributed by atoms with Crippen molar-refractivity contribution in [2.45, 2.75) is 25.3 Å². The van der Waals surface area contributed by atoms with Crippen LogP contribution in [0.15, 0.2) is 24.3 Å². The highest BCUT2D eigenvalue weighted by Gasteiger charge is 2.40. The molecule has 1 N–H and O–H groups in total. The third-order valence-electron chi connectivity index (χ3n) is 4.12. The van der Waals surface area contributed by atoms with E-state index in [1.165, 1.54) is 19.2 Å². The lowest BCUT2D eigenvalue weighted by molar-refractivity contribution is -0.154. The van der Waals surface area contributed by atoms with Crippen LogP contribution in [0.1, 0.15) is 18.9 Å². The van der Waals surface area contributed by atoms with Gasteiger partial charge in [0.05, 0.1) is 7.11 Å². The minimum atomic E-state index is -0.724. The molecule has 116 valence electrons. The lowest BCUT2D eigenvalue weighted by Gasteiger charge is -2.38. The molecule has 1 aromatic carbocycles. The molecule has 1 aliphatic heterocycles. The van der Waals surface area contributed by atoms with Crippen LogP contribution in [-0.4, -0.2) is 49.7 Å². The van der Waals surface area contributed by atoms with Gasteiger partial charge in [0.1, 0.15) is 11.4 Å². The third-order valence-corrected chi connectivity index (χ3v) is 4.12. The van der Waals surface area contributed by atoms with E-state index in [2.05, 4.69) is 10.2 Å². The average molecular weight is 294 g/mol. The Hall–Kier alpha value is -1.46. The first-order valence-corrected chi connectivity index (χ1v) is 7.35. The summed E-state index contributed by atoms with van der Waals surface area (Å²) >= 11 is 0. The van der Waals surface area contributed by atoms with Crippen LogP contribution in [0.25, 0.3) is 0 Å². The maximum absolute atomic E-state index is 13.0. The van der Waals surface area contributed by atoms with Crippen LogP contribution in [0.3, 0.4) is 0 Å². The monoisotopic (exact) mass is 294 g/mol. The van der Waals surface area contributed by atoms with Gasteiger partial charge in [-0.25, -0.2) is 4.39 Å². The summed E-state index contributed by atoms with van der Waals surface area (Å²) in [4.78, 5) is 14.5. The zero-order valence-electron chi connectivity index (χ0n) is 12.7. The number of hydrogen-bond acceptors (Lipinski definition) is 4. The number of rotatable bonds is 4. The average Bonchev–Trinajstić information content (AvgIpc) is 2.78. The van der Waals surface area contributed by atoms with Crippen LogP contribution >= 0.6 is 0 Å². The number of halogens is 1. The highest BCUT2D eigenvalue weighted by atomic mass is 19.1. The van der Waals surface area contributed by atoms with Crippen LogP contribution in [0.4, 0.5) is 4.39 Å². The molecule has 1 atom stereocenters. The van der Waals surface area contributed by atoms with Crippen molar-refractivity contribution in [1.82, 2.24) is 10.2 Å². The molecule has 1 aromatic rings. The molecule has 1 saturated heterocycles. The van der Waals surface area contributed by atoms with Crippen LogP contribution in [0, 0.1) is 5.82 Å². The van der Waals surface area contributed by atoms with Crippen molar-refractivity contribution < 1.29 is 13.9 Å². The van der Waals surface area contributed by atoms with Crippen LogP contribution in [0.2, 0.25) is 0 Å². The zero-order valence-corrected chi connectivity index (χ0v) is 12.7. The molecule has 5 heteroatoms. The lowest BCUT2D eigenvalue weighted by Crippen LogP contribution is -2.55. The maximum atomic E-state index is 13.0. The Morgan fingerprint density at radius 1 is 1.33 bits per heavy atom. The van der Waals surface area contributed by atoms with Crippen molar-refractivity contribution >= 4 is 5.97 Å². The van der Waals surface area contributed by atoms with E-state index < -0.39 is 5.54 Å². The van der Waals surface area contributed by atoms with E-state index in [0.29, 0.717) is 6.42 Å². The molecular formula is C16H23FN2O2. The first-order chi connectivity index (χ1) is 10.1. The zero-order chi connectivity index (χ0) is 15.3. The Morgan fingerprint density at radius 3 is 2.71 bits per heavy atom. The molecule has 0 aromatic heterocycles. The molecule has 1 heterocycles. The van der Waals surface area contributed by atoms with Crippen molar-refractivity contribution in [2.75, 3.05) is 33.3 Å². The molecule has 0 amide bonds. The van der Waals surface area contributed by atoms with Gasteiger partial charge in [-0.2, -0.15) is 0 Å². The number of carbonyl (C=O) groups excluding carboxylic acids is 1. The van der Waals surface area contributed by atoms with Crippen LogP contribution in [0.5, 0.6) is 0 Å². The highest BCUT2D eigenvalue weighted by molar-refractivity contribution is 5.80. The minimum Gasteiger partial charge on any atom is -0.468 e. The molecule has 0 aliphatic carbocycles. The summed E-state index contributed by atoms with van der Waals surface area (Å²) in [6.07, 6.45) is 1.51. The molecule has 1 unspecified atom stereocenters. The molecule has 1 aliphatic rings. The van der Waals surface area contributed by atoms with Gasteiger partial charge in [-0.15, -0.1) is 0 Å². The first kappa shape index (κ1) is 15.9. The fourth-order valence-corrected chi connectivity index (χ4v) is 2.87. The summed E-state index contributed by atoms with van der Waals surface area (Å²) in [5.41, 5.74) is 0.208. The quantitative estimate of drug-likeness (QED) is 0.857. The summed E-state index contributed by atoms with van der Waals surface area (Å²) in [5, 5.41) is 3.33. The van der Waals surface area contributed by atoms with E-state index in [1.807, 2.05) is 6.92 Å². The molecule has 0 bridgehead atoms. The summed E-state index contributed by atoms with van der Waals surface area (Å²) in [6.45, 7) is 5.38. The van der Waals surface area contributed by atoms with Gasteiger partial charge in [0.25, 0.3) is 0 Å². The number of hydrogen-bond donors (Lipinski definition) is 1. The fraction of sp³-hybridized carbons (Fsp3) is 0.562. The van der Waals surface area contributed by atoms with Gasteiger partial charge in [-0.3, -0.25) is 9.69 Å². The molecule has 0 saturated carbocycles. The van der Waals surface area contributed by atoms with Gasteiger partial charge in [-0.1, -0.05) is 12.1 Å². The van der Waals surface area contributed by atoms with E-state index >= 15 is 0 Å². The molecular weight excluding hydrogens is 271 g/mol. The van der Waals surface area contributed by atoms with Crippen molar-refractivity contribution in [1.29, 1.82) is 0 Å². The van der Waals surface area contributed by atoms with Crippen LogP contribution in [-0.2, 0) is 16.0 Å². The predicted octanol–water partition coefficient (Wildman–Crippen LogP) is 1.60. The van der Waals surface area contributed by atoms with E-state index in [-0.39, 0.29) is 11.8 Å². The molecule has 4 nitrogen and oxygen atoms in total. The Morgan fingerprint density at radius 2 is 2.05 bits per heavy atom. The topological polar surface area (TPSA) is 41.6 Å². The van der Waals surface area contributed by atoms with Crippen molar-refractivity contribution in [3.8, 4) is 0 Å². The van der Waals surface area contributed by atoms with Gasteiger partial charge in [-0.05, 0) is 37.6 Å². The summed E-state index contributed by atoms with van der Waals surface area (Å²) < 4.78 is 18.1. The lowest BCUT2D eigenvalue weighted by atomic mass is 9.90. The molecule has 0 radical (unpaired) electrons. The fourth-order valence-electron chi connectivity index (χ4n) is 2.87. The smallest absolute Gasteiger partial charge is 0.326 e. The number of ether oxygens (including phenoxy) is 1. The second-order valence-electron chi connectivity index (χ2n) is 5.66. The second-order valence-corrected chi connectivity index (χ2v) is 5.66. The number of nitrogens with one attached hydrogen (secondary N) is 1. The van der Waals surface area contributed by atoms with Gasteiger partial charge in [0.15, 0.2) is 0 Å². The number of methoxy groups -OCH3 is 1. The number of nitrogens with zero attached hydrogens (tertiary/aromatic N) is 1. The van der Waals surface area contributed by atoms with Crippen molar-refractivity contribution in [3.63, 3.8) is 0 Å². The number of benzene rings is 1. The molecule has 21 heavy (non-hydrogen) atoms. The van der Waals surface area contributed by atoms with E-state index in [1.54, 1.807) is 12.1 Å². The Kier molecular flexibility index (Phi) is 5.31. The molecule has 1 fully saturated rings. The second kappa shape index (κ2) is 7.00. The summed E-state index contributed by atoms with van der Waals surface area (Å²) in [6, 6.07) is 6.31. The number of esters is 1. The minimum absolute atomic E-state index is 0.242. The largest absolute Gasteiger partial charge is 0.468 e. The Bertz CT molecular complexity index is 470. The Balaban J connectivity index is 2.23. The van der Waals surface area contributed by atoms with Crippen molar-refractivity contribution in [2.24, 2.45) is 0 Å². The molecule has 2 rings (SSSR count). The first-order valence-electron chi connectivity index (χ1n) is 7.35. The third kappa shape index (κ3) is 3.80. The van der Waals surface area contributed by atoms with Crippen molar-refractivity contribution in [3.05, 3.63) is 35.6 Å². The number of carbonyl (C=O) groups is 1.